The molecule has 0 N–H and O–H groups in total. The molecule has 19 heavy (non-hydrogen) atoms. The van der Waals surface area contributed by atoms with Gasteiger partial charge >= 0.3 is 5.69 Å². The fourth-order valence-electron chi connectivity index (χ4n) is 2.19. The molecule has 1 fully saturated rings. The van der Waals surface area contributed by atoms with Crippen LogP contribution in [0.2, 0.25) is 0 Å². The van der Waals surface area contributed by atoms with Gasteiger partial charge in [-0.3, -0.25) is 14.2 Å². The number of Topliss-reactive ketones (excluding diaryl/α,β-unsaturated/α-hetero) is 1. The van der Waals surface area contributed by atoms with Gasteiger partial charge in [0.1, 0.15) is 0 Å². The van der Waals surface area contributed by atoms with E-state index in [1.807, 2.05) is 6.92 Å². The lowest BCUT2D eigenvalue weighted by molar-refractivity contribution is -0.123. The summed E-state index contributed by atoms with van der Waals surface area (Å²) in [5, 5.41) is 0. The van der Waals surface area contributed by atoms with Crippen molar-refractivity contribution in [3.8, 4) is 0 Å². The van der Waals surface area contributed by atoms with Crippen molar-refractivity contribution in [2.75, 3.05) is 13.2 Å². The highest BCUT2D eigenvalue weighted by atomic mass is 16.5. The fraction of sp³-hybridized carbons (Fsp3) is 0.615. The number of rotatable bonds is 5. The lowest BCUT2D eigenvalue weighted by Crippen LogP contribution is -2.41. The van der Waals surface area contributed by atoms with Gasteiger partial charge in [-0.15, -0.1) is 0 Å². The largest absolute Gasteiger partial charge is 0.381 e. The highest BCUT2D eigenvalue weighted by Crippen LogP contribution is 2.13. The average molecular weight is 266 g/mol. The molecule has 6 nitrogen and oxygen atoms in total. The van der Waals surface area contributed by atoms with Crippen LogP contribution in [0.3, 0.4) is 0 Å². The van der Waals surface area contributed by atoms with Gasteiger partial charge in [0, 0.05) is 31.3 Å². The van der Waals surface area contributed by atoms with Gasteiger partial charge in [0.25, 0.3) is 5.56 Å². The van der Waals surface area contributed by atoms with E-state index in [-0.39, 0.29) is 18.2 Å². The third-order valence-electron chi connectivity index (χ3n) is 3.30. The summed E-state index contributed by atoms with van der Waals surface area (Å²) in [6.07, 6.45) is 2.94. The second-order valence-electron chi connectivity index (χ2n) is 4.74. The van der Waals surface area contributed by atoms with Crippen LogP contribution in [-0.4, -0.2) is 28.1 Å². The summed E-state index contributed by atoms with van der Waals surface area (Å²) >= 11 is 0. The highest BCUT2D eigenvalue weighted by molar-refractivity contribution is 5.81. The molecule has 0 aliphatic carbocycles. The molecule has 0 aromatic carbocycles. The summed E-state index contributed by atoms with van der Waals surface area (Å²) in [4.78, 5) is 35.8. The molecule has 0 saturated carbocycles. The predicted octanol–water partition coefficient (Wildman–Crippen LogP) is 0.0256. The summed E-state index contributed by atoms with van der Waals surface area (Å²) in [5.41, 5.74) is -0.841. The van der Waals surface area contributed by atoms with Crippen molar-refractivity contribution < 1.29 is 9.53 Å². The minimum absolute atomic E-state index is 0.106. The molecular formula is C13H18N2O4. The molecule has 0 spiro atoms. The third kappa shape index (κ3) is 3.01. The molecule has 1 aromatic rings. The van der Waals surface area contributed by atoms with Crippen LogP contribution in [-0.2, 0) is 22.6 Å². The third-order valence-corrected chi connectivity index (χ3v) is 3.30. The fourth-order valence-corrected chi connectivity index (χ4v) is 2.19. The van der Waals surface area contributed by atoms with Gasteiger partial charge < -0.3 is 9.30 Å². The molecule has 104 valence electrons. The summed E-state index contributed by atoms with van der Waals surface area (Å²) < 4.78 is 7.62. The Hall–Kier alpha value is -1.69. The van der Waals surface area contributed by atoms with Crippen molar-refractivity contribution in [2.45, 2.75) is 32.9 Å². The van der Waals surface area contributed by atoms with E-state index in [1.54, 1.807) is 0 Å². The molecule has 1 saturated heterocycles. The number of carbonyl (C=O) groups excluding carboxylic acids is 1. The number of aryl methyl sites for hydroxylation is 1. The van der Waals surface area contributed by atoms with Crippen LogP contribution in [0.15, 0.2) is 21.9 Å². The van der Waals surface area contributed by atoms with Gasteiger partial charge in [-0.05, 0) is 12.8 Å². The number of hydrogen-bond donors (Lipinski definition) is 0. The number of aromatic nitrogens is 2. The van der Waals surface area contributed by atoms with Crippen LogP contribution in [0, 0.1) is 5.92 Å². The van der Waals surface area contributed by atoms with Gasteiger partial charge in [-0.25, -0.2) is 4.79 Å². The van der Waals surface area contributed by atoms with Gasteiger partial charge in [0.15, 0.2) is 5.78 Å². The monoisotopic (exact) mass is 266 g/mol. The molecule has 2 rings (SSSR count). The van der Waals surface area contributed by atoms with Crippen LogP contribution in [0.4, 0.5) is 0 Å². The smallest absolute Gasteiger partial charge is 0.331 e. The van der Waals surface area contributed by atoms with Crippen molar-refractivity contribution >= 4 is 5.78 Å². The van der Waals surface area contributed by atoms with E-state index in [2.05, 4.69) is 0 Å². The highest BCUT2D eigenvalue weighted by Gasteiger charge is 2.24. The minimum atomic E-state index is -0.426. The minimum Gasteiger partial charge on any atom is -0.381 e. The zero-order valence-electron chi connectivity index (χ0n) is 11.0. The molecule has 1 aromatic heterocycles. The van der Waals surface area contributed by atoms with Crippen LogP contribution < -0.4 is 11.2 Å². The SMILES string of the molecule is CCCn1ccc(=O)n(CC(=O)C2CCOC2)c1=O. The Balaban J connectivity index is 2.23. The molecule has 1 aliphatic rings. The second kappa shape index (κ2) is 5.97. The summed E-state index contributed by atoms with van der Waals surface area (Å²) in [6, 6.07) is 1.33. The normalized spacial score (nSPS) is 18.7. The molecule has 1 aliphatic heterocycles. The van der Waals surface area contributed by atoms with E-state index in [0.717, 1.165) is 11.0 Å². The summed E-state index contributed by atoms with van der Waals surface area (Å²) in [7, 11) is 0. The van der Waals surface area contributed by atoms with E-state index < -0.39 is 11.2 Å². The van der Waals surface area contributed by atoms with Crippen LogP contribution in [0.5, 0.6) is 0 Å². The summed E-state index contributed by atoms with van der Waals surface area (Å²) in [6.45, 7) is 3.29. The predicted molar refractivity (Wildman–Crippen MR) is 69.2 cm³/mol. The number of carbonyl (C=O) groups is 1. The van der Waals surface area contributed by atoms with Crippen LogP contribution in [0.25, 0.3) is 0 Å². The van der Waals surface area contributed by atoms with E-state index >= 15 is 0 Å². The second-order valence-corrected chi connectivity index (χ2v) is 4.74. The maximum absolute atomic E-state index is 12.1. The van der Waals surface area contributed by atoms with Crippen molar-refractivity contribution in [2.24, 2.45) is 5.92 Å². The molecule has 1 atom stereocenters. The van der Waals surface area contributed by atoms with Crippen molar-refractivity contribution in [3.05, 3.63) is 33.1 Å². The van der Waals surface area contributed by atoms with E-state index in [9.17, 15) is 14.4 Å². The number of ether oxygens (including phenoxy) is 1. The Labute approximate surface area is 110 Å². The van der Waals surface area contributed by atoms with Gasteiger partial charge in [-0.1, -0.05) is 6.92 Å². The maximum Gasteiger partial charge on any atom is 0.331 e. The Kier molecular flexibility index (Phi) is 4.31. The number of nitrogens with zero attached hydrogens (tertiary/aromatic N) is 2. The molecule has 0 bridgehead atoms. The zero-order chi connectivity index (χ0) is 13.8. The van der Waals surface area contributed by atoms with Gasteiger partial charge in [-0.2, -0.15) is 0 Å². The molecule has 0 radical (unpaired) electrons. The number of ketones is 1. The Bertz CT molecular complexity index is 567. The standard InChI is InChI=1S/C13H18N2O4/c1-2-5-14-6-3-12(17)15(13(14)18)8-11(16)10-4-7-19-9-10/h3,6,10H,2,4-5,7-9H2,1H3. The molecular weight excluding hydrogens is 248 g/mol. The molecule has 1 unspecified atom stereocenters. The van der Waals surface area contributed by atoms with Crippen molar-refractivity contribution in [1.29, 1.82) is 0 Å². The van der Waals surface area contributed by atoms with Crippen LogP contribution in [0.1, 0.15) is 19.8 Å². The molecule has 6 heteroatoms. The van der Waals surface area contributed by atoms with Gasteiger partial charge in [0.05, 0.1) is 13.2 Å². The lowest BCUT2D eigenvalue weighted by atomic mass is 10.0. The summed E-state index contributed by atoms with van der Waals surface area (Å²) in [5.74, 6) is -0.294. The lowest BCUT2D eigenvalue weighted by Gasteiger charge is -2.10. The number of hydrogen-bond acceptors (Lipinski definition) is 4. The van der Waals surface area contributed by atoms with Crippen molar-refractivity contribution in [1.82, 2.24) is 9.13 Å². The first-order valence-corrected chi connectivity index (χ1v) is 6.54. The van der Waals surface area contributed by atoms with Gasteiger partial charge in [0.2, 0.25) is 0 Å². The Morgan fingerprint density at radius 2 is 2.26 bits per heavy atom. The van der Waals surface area contributed by atoms with E-state index in [4.69, 9.17) is 4.74 Å². The quantitative estimate of drug-likeness (QED) is 0.753. The topological polar surface area (TPSA) is 70.3 Å². The first-order chi connectivity index (χ1) is 9.13. The Morgan fingerprint density at radius 1 is 1.47 bits per heavy atom. The first kappa shape index (κ1) is 13.7. The zero-order valence-corrected chi connectivity index (χ0v) is 11.0. The van der Waals surface area contributed by atoms with E-state index in [1.165, 1.54) is 16.8 Å². The molecule has 0 amide bonds. The maximum atomic E-state index is 12.1. The first-order valence-electron chi connectivity index (χ1n) is 6.54. The van der Waals surface area contributed by atoms with Crippen LogP contribution >= 0.6 is 0 Å². The Morgan fingerprint density at radius 3 is 2.89 bits per heavy atom. The van der Waals surface area contributed by atoms with Crippen molar-refractivity contribution in [3.63, 3.8) is 0 Å². The molecule has 2 heterocycles. The average Bonchev–Trinajstić information content (AvgIpc) is 2.92. The van der Waals surface area contributed by atoms with E-state index in [0.29, 0.717) is 26.2 Å².